The molecule has 0 amide bonds. The summed E-state index contributed by atoms with van der Waals surface area (Å²) in [6, 6.07) is 15.4. The summed E-state index contributed by atoms with van der Waals surface area (Å²) in [4.78, 5) is 0. The van der Waals surface area contributed by atoms with Crippen LogP contribution >= 0.6 is 0 Å². The summed E-state index contributed by atoms with van der Waals surface area (Å²) in [5, 5.41) is 12.9. The Labute approximate surface area is 124 Å². The topological polar surface area (TPSA) is 35.8 Å². The van der Waals surface area contributed by atoms with E-state index < -0.39 is 5.54 Å². The van der Waals surface area contributed by atoms with Gasteiger partial charge in [-0.1, -0.05) is 24.3 Å². The summed E-state index contributed by atoms with van der Waals surface area (Å²) in [6.45, 7) is 1.85. The second-order valence-corrected chi connectivity index (χ2v) is 5.78. The van der Waals surface area contributed by atoms with Crippen molar-refractivity contribution in [2.24, 2.45) is 0 Å². The molecule has 106 valence electrons. The van der Waals surface area contributed by atoms with Gasteiger partial charge in [-0.25, -0.2) is 4.39 Å². The first-order valence-corrected chi connectivity index (χ1v) is 7.14. The molecule has 3 heteroatoms. The molecule has 2 aromatic rings. The monoisotopic (exact) mass is 280 g/mol. The molecule has 0 aliphatic heterocycles. The van der Waals surface area contributed by atoms with Gasteiger partial charge < -0.3 is 5.32 Å². The van der Waals surface area contributed by atoms with Crippen molar-refractivity contribution >= 4 is 5.69 Å². The first kappa shape index (κ1) is 13.6. The van der Waals surface area contributed by atoms with Crippen molar-refractivity contribution in [1.82, 2.24) is 0 Å². The maximum absolute atomic E-state index is 13.5. The Morgan fingerprint density at radius 3 is 2.67 bits per heavy atom. The van der Waals surface area contributed by atoms with Crippen molar-refractivity contribution < 1.29 is 4.39 Å². The zero-order chi connectivity index (χ0) is 14.9. The lowest BCUT2D eigenvalue weighted by Crippen LogP contribution is -2.42. The highest BCUT2D eigenvalue weighted by Crippen LogP contribution is 2.31. The van der Waals surface area contributed by atoms with Crippen LogP contribution < -0.4 is 5.32 Å². The van der Waals surface area contributed by atoms with Crippen molar-refractivity contribution in [3.8, 4) is 6.07 Å². The lowest BCUT2D eigenvalue weighted by molar-refractivity contribution is 0.506. The summed E-state index contributed by atoms with van der Waals surface area (Å²) < 4.78 is 13.5. The van der Waals surface area contributed by atoms with Crippen LogP contribution in [0.25, 0.3) is 0 Å². The number of nitriles is 1. The SMILES string of the molecule is Cc1cc(F)cc(NC2(C#N)CCc3ccccc3C2)c1. The Hall–Kier alpha value is -2.34. The van der Waals surface area contributed by atoms with E-state index in [2.05, 4.69) is 23.5 Å². The summed E-state index contributed by atoms with van der Waals surface area (Å²) in [7, 11) is 0. The predicted molar refractivity (Wildman–Crippen MR) is 81.6 cm³/mol. The molecule has 0 saturated carbocycles. The van der Waals surface area contributed by atoms with Gasteiger partial charge in [0.2, 0.25) is 0 Å². The Kier molecular flexibility index (Phi) is 3.39. The standard InChI is InChI=1S/C18H17FN2/c1-13-8-16(19)10-17(9-13)21-18(12-20)7-6-14-4-2-3-5-15(14)11-18/h2-5,8-10,21H,6-7,11H2,1H3. The Balaban J connectivity index is 1.91. The lowest BCUT2D eigenvalue weighted by Gasteiger charge is -2.34. The molecule has 1 aliphatic rings. The average molecular weight is 280 g/mol. The smallest absolute Gasteiger partial charge is 0.129 e. The summed E-state index contributed by atoms with van der Waals surface area (Å²) in [5.41, 5.74) is 3.37. The molecular formula is C18H17FN2. The summed E-state index contributed by atoms with van der Waals surface area (Å²) in [6.07, 6.45) is 2.25. The van der Waals surface area contributed by atoms with Crippen molar-refractivity contribution in [1.29, 1.82) is 5.26 Å². The Morgan fingerprint density at radius 2 is 1.95 bits per heavy atom. The molecule has 0 saturated heterocycles. The largest absolute Gasteiger partial charge is 0.367 e. The van der Waals surface area contributed by atoms with Crippen LogP contribution in [0, 0.1) is 24.1 Å². The second-order valence-electron chi connectivity index (χ2n) is 5.78. The van der Waals surface area contributed by atoms with E-state index in [0.29, 0.717) is 12.1 Å². The molecule has 0 heterocycles. The summed E-state index contributed by atoms with van der Waals surface area (Å²) in [5.74, 6) is -0.276. The number of nitrogens with one attached hydrogen (secondary N) is 1. The minimum atomic E-state index is -0.658. The maximum Gasteiger partial charge on any atom is 0.129 e. The fourth-order valence-electron chi connectivity index (χ4n) is 3.05. The van der Waals surface area contributed by atoms with Crippen LogP contribution in [0.2, 0.25) is 0 Å². The Bertz CT molecular complexity index is 697. The van der Waals surface area contributed by atoms with Gasteiger partial charge in [-0.05, 0) is 54.7 Å². The fraction of sp³-hybridized carbons (Fsp3) is 0.278. The zero-order valence-electron chi connectivity index (χ0n) is 12.0. The normalized spacial score (nSPS) is 20.4. The molecule has 1 aliphatic carbocycles. The van der Waals surface area contributed by atoms with Gasteiger partial charge in [0.1, 0.15) is 11.4 Å². The van der Waals surface area contributed by atoms with E-state index in [1.807, 2.05) is 25.1 Å². The predicted octanol–water partition coefficient (Wildman–Crippen LogP) is 4.00. The average Bonchev–Trinajstić information content (AvgIpc) is 2.46. The molecule has 0 spiro atoms. The minimum Gasteiger partial charge on any atom is -0.367 e. The Morgan fingerprint density at radius 1 is 1.19 bits per heavy atom. The molecule has 1 N–H and O–H groups in total. The molecule has 21 heavy (non-hydrogen) atoms. The first-order valence-electron chi connectivity index (χ1n) is 7.14. The molecule has 1 atom stereocenters. The number of anilines is 1. The third-order valence-corrected chi connectivity index (χ3v) is 4.07. The molecule has 2 nitrogen and oxygen atoms in total. The third-order valence-electron chi connectivity index (χ3n) is 4.07. The van der Waals surface area contributed by atoms with E-state index in [1.165, 1.54) is 23.3 Å². The number of benzene rings is 2. The van der Waals surface area contributed by atoms with E-state index in [-0.39, 0.29) is 5.82 Å². The first-order chi connectivity index (χ1) is 10.1. The van der Waals surface area contributed by atoms with Crippen molar-refractivity contribution in [2.75, 3.05) is 5.32 Å². The van der Waals surface area contributed by atoms with Gasteiger partial charge in [-0.2, -0.15) is 5.26 Å². The van der Waals surface area contributed by atoms with Crippen molar-refractivity contribution in [3.05, 3.63) is 65.0 Å². The highest BCUT2D eigenvalue weighted by Gasteiger charge is 2.34. The minimum absolute atomic E-state index is 0.276. The molecule has 0 fully saturated rings. The maximum atomic E-state index is 13.5. The van der Waals surface area contributed by atoms with Gasteiger partial charge in [0.25, 0.3) is 0 Å². The highest BCUT2D eigenvalue weighted by molar-refractivity contribution is 5.52. The number of hydrogen-bond acceptors (Lipinski definition) is 2. The van der Waals surface area contributed by atoms with Crippen LogP contribution in [0.5, 0.6) is 0 Å². The molecule has 0 aromatic heterocycles. The molecule has 2 aromatic carbocycles. The van der Waals surface area contributed by atoms with Crippen molar-refractivity contribution in [3.63, 3.8) is 0 Å². The number of rotatable bonds is 2. The summed E-state index contributed by atoms with van der Waals surface area (Å²) >= 11 is 0. The molecule has 3 rings (SSSR count). The zero-order valence-corrected chi connectivity index (χ0v) is 12.0. The van der Waals surface area contributed by atoms with Gasteiger partial charge in [-0.3, -0.25) is 0 Å². The molecule has 0 radical (unpaired) electrons. The molecular weight excluding hydrogens is 263 g/mol. The van der Waals surface area contributed by atoms with E-state index in [0.717, 1.165) is 18.4 Å². The van der Waals surface area contributed by atoms with Crippen molar-refractivity contribution in [2.45, 2.75) is 31.7 Å². The van der Waals surface area contributed by atoms with Gasteiger partial charge in [0.15, 0.2) is 0 Å². The number of halogens is 1. The van der Waals surface area contributed by atoms with Gasteiger partial charge in [0.05, 0.1) is 6.07 Å². The van der Waals surface area contributed by atoms with E-state index in [4.69, 9.17) is 0 Å². The van der Waals surface area contributed by atoms with Crippen LogP contribution in [0.1, 0.15) is 23.1 Å². The number of hydrogen-bond donors (Lipinski definition) is 1. The van der Waals surface area contributed by atoms with E-state index in [9.17, 15) is 9.65 Å². The van der Waals surface area contributed by atoms with Gasteiger partial charge in [-0.15, -0.1) is 0 Å². The van der Waals surface area contributed by atoms with E-state index >= 15 is 0 Å². The number of fused-ring (bicyclic) bond motifs is 1. The third kappa shape index (κ3) is 2.75. The number of nitrogens with zero attached hydrogens (tertiary/aromatic N) is 1. The van der Waals surface area contributed by atoms with Crippen LogP contribution in [-0.4, -0.2) is 5.54 Å². The second kappa shape index (κ2) is 5.21. The lowest BCUT2D eigenvalue weighted by atomic mass is 9.78. The molecule has 0 bridgehead atoms. The fourth-order valence-corrected chi connectivity index (χ4v) is 3.05. The van der Waals surface area contributed by atoms with Crippen LogP contribution in [0.4, 0.5) is 10.1 Å². The number of aryl methyl sites for hydroxylation is 2. The molecule has 1 unspecified atom stereocenters. The highest BCUT2D eigenvalue weighted by atomic mass is 19.1. The van der Waals surface area contributed by atoms with Gasteiger partial charge in [0, 0.05) is 12.1 Å². The van der Waals surface area contributed by atoms with Crippen LogP contribution in [0.3, 0.4) is 0 Å². The van der Waals surface area contributed by atoms with E-state index in [1.54, 1.807) is 0 Å². The quantitative estimate of drug-likeness (QED) is 0.902. The van der Waals surface area contributed by atoms with Crippen LogP contribution in [0.15, 0.2) is 42.5 Å². The van der Waals surface area contributed by atoms with Crippen LogP contribution in [-0.2, 0) is 12.8 Å². The van der Waals surface area contributed by atoms with Gasteiger partial charge >= 0.3 is 0 Å².